The van der Waals surface area contributed by atoms with E-state index in [1.807, 2.05) is 0 Å². The number of amides is 1. The van der Waals surface area contributed by atoms with Crippen LogP contribution in [-0.4, -0.2) is 10.9 Å². The molecule has 0 saturated heterocycles. The topological polar surface area (TPSA) is 77.2 Å². The summed E-state index contributed by atoms with van der Waals surface area (Å²) in [6.45, 7) is 1.61. The Labute approximate surface area is 115 Å². The van der Waals surface area contributed by atoms with Gasteiger partial charge in [-0.2, -0.15) is 4.98 Å². The van der Waals surface area contributed by atoms with Crippen LogP contribution < -0.4 is 15.8 Å². The molecular weight excluding hydrogens is 261 g/mol. The first-order chi connectivity index (χ1) is 9.54. The number of benzene rings is 1. The summed E-state index contributed by atoms with van der Waals surface area (Å²) in [7, 11) is 0. The van der Waals surface area contributed by atoms with E-state index in [-0.39, 0.29) is 24.1 Å². The van der Waals surface area contributed by atoms with E-state index in [2.05, 4.69) is 10.3 Å². The Morgan fingerprint density at radius 3 is 2.65 bits per heavy atom. The standard InChI is InChI=1S/C14H14FN3O2/c1-9(19)17-14-12(16)6-7-13(18-14)20-8-10-2-4-11(15)5-3-10/h2-7H,8,16H2,1H3,(H,17,18,19). The van der Waals surface area contributed by atoms with E-state index in [0.717, 1.165) is 5.56 Å². The first-order valence-corrected chi connectivity index (χ1v) is 5.96. The molecule has 2 aromatic rings. The highest BCUT2D eigenvalue weighted by atomic mass is 19.1. The van der Waals surface area contributed by atoms with Gasteiger partial charge >= 0.3 is 0 Å². The molecule has 1 amide bonds. The second-order valence-corrected chi connectivity index (χ2v) is 4.18. The molecule has 1 heterocycles. The molecule has 0 unspecified atom stereocenters. The maximum absolute atomic E-state index is 12.8. The molecule has 20 heavy (non-hydrogen) atoms. The molecule has 5 nitrogen and oxygen atoms in total. The maximum Gasteiger partial charge on any atom is 0.222 e. The predicted molar refractivity (Wildman–Crippen MR) is 73.7 cm³/mol. The van der Waals surface area contributed by atoms with Gasteiger partial charge < -0.3 is 15.8 Å². The molecule has 6 heteroatoms. The summed E-state index contributed by atoms with van der Waals surface area (Å²) in [5.41, 5.74) is 6.85. The molecular formula is C14H14FN3O2. The van der Waals surface area contributed by atoms with Crippen molar-refractivity contribution in [1.29, 1.82) is 0 Å². The van der Waals surface area contributed by atoms with Gasteiger partial charge in [0.15, 0.2) is 5.82 Å². The number of hydrogen-bond donors (Lipinski definition) is 2. The minimum atomic E-state index is -0.299. The van der Waals surface area contributed by atoms with Crippen molar-refractivity contribution in [1.82, 2.24) is 4.98 Å². The van der Waals surface area contributed by atoms with Crippen molar-refractivity contribution in [3.05, 3.63) is 47.8 Å². The Bertz CT molecular complexity index is 614. The zero-order valence-corrected chi connectivity index (χ0v) is 10.9. The summed E-state index contributed by atoms with van der Waals surface area (Å²) < 4.78 is 18.2. The number of pyridine rings is 1. The molecule has 0 aliphatic rings. The molecule has 3 N–H and O–H groups in total. The lowest BCUT2D eigenvalue weighted by atomic mass is 10.2. The fourth-order valence-electron chi connectivity index (χ4n) is 1.54. The van der Waals surface area contributed by atoms with Gasteiger partial charge in [-0.25, -0.2) is 4.39 Å². The van der Waals surface area contributed by atoms with Crippen LogP contribution in [0, 0.1) is 5.82 Å². The van der Waals surface area contributed by atoms with E-state index < -0.39 is 0 Å². The van der Waals surface area contributed by atoms with Gasteiger partial charge in [0.1, 0.15) is 12.4 Å². The normalized spacial score (nSPS) is 10.1. The smallest absolute Gasteiger partial charge is 0.222 e. The van der Waals surface area contributed by atoms with Gasteiger partial charge in [0.25, 0.3) is 0 Å². The number of nitrogens with one attached hydrogen (secondary N) is 1. The van der Waals surface area contributed by atoms with Gasteiger partial charge in [0, 0.05) is 13.0 Å². The van der Waals surface area contributed by atoms with Crippen molar-refractivity contribution in [2.75, 3.05) is 11.1 Å². The van der Waals surface area contributed by atoms with Crippen LogP contribution in [0.3, 0.4) is 0 Å². The van der Waals surface area contributed by atoms with E-state index in [1.165, 1.54) is 19.1 Å². The lowest BCUT2D eigenvalue weighted by Crippen LogP contribution is -2.10. The van der Waals surface area contributed by atoms with Crippen LogP contribution in [0.2, 0.25) is 0 Å². The molecule has 0 radical (unpaired) electrons. The van der Waals surface area contributed by atoms with Crippen molar-refractivity contribution >= 4 is 17.4 Å². The van der Waals surface area contributed by atoms with E-state index in [0.29, 0.717) is 11.6 Å². The van der Waals surface area contributed by atoms with E-state index >= 15 is 0 Å². The number of anilines is 2. The Kier molecular flexibility index (Phi) is 4.14. The van der Waals surface area contributed by atoms with Crippen LogP contribution in [0.4, 0.5) is 15.9 Å². The van der Waals surface area contributed by atoms with Crippen molar-refractivity contribution in [3.63, 3.8) is 0 Å². The highest BCUT2D eigenvalue weighted by Crippen LogP contribution is 2.20. The lowest BCUT2D eigenvalue weighted by Gasteiger charge is -2.09. The first kappa shape index (κ1) is 13.8. The second-order valence-electron chi connectivity index (χ2n) is 4.18. The molecule has 0 aliphatic heterocycles. The third-order valence-electron chi connectivity index (χ3n) is 2.50. The molecule has 0 spiro atoms. The summed E-state index contributed by atoms with van der Waals surface area (Å²) in [6.07, 6.45) is 0. The number of hydrogen-bond acceptors (Lipinski definition) is 4. The largest absolute Gasteiger partial charge is 0.473 e. The van der Waals surface area contributed by atoms with Gasteiger partial charge in [-0.1, -0.05) is 12.1 Å². The monoisotopic (exact) mass is 275 g/mol. The Morgan fingerprint density at radius 1 is 1.30 bits per heavy atom. The summed E-state index contributed by atoms with van der Waals surface area (Å²) in [5.74, 6) is 0.0218. The number of aromatic nitrogens is 1. The Morgan fingerprint density at radius 2 is 2.00 bits per heavy atom. The molecule has 0 aliphatic carbocycles. The number of nitrogens with two attached hydrogens (primary N) is 1. The Balaban J connectivity index is 2.06. The van der Waals surface area contributed by atoms with Crippen LogP contribution >= 0.6 is 0 Å². The molecule has 0 atom stereocenters. The number of halogens is 1. The number of carbonyl (C=O) groups excluding carboxylic acids is 1. The van der Waals surface area contributed by atoms with Gasteiger partial charge in [0.2, 0.25) is 11.8 Å². The average Bonchev–Trinajstić information content (AvgIpc) is 2.41. The fourth-order valence-corrected chi connectivity index (χ4v) is 1.54. The summed E-state index contributed by atoms with van der Waals surface area (Å²) in [6, 6.07) is 9.17. The van der Waals surface area contributed by atoms with Gasteiger partial charge in [0.05, 0.1) is 5.69 Å². The number of nitrogen functional groups attached to an aromatic ring is 1. The number of rotatable bonds is 4. The van der Waals surface area contributed by atoms with Gasteiger partial charge in [-0.3, -0.25) is 4.79 Å². The van der Waals surface area contributed by atoms with E-state index in [1.54, 1.807) is 24.3 Å². The molecule has 2 rings (SSSR count). The quantitative estimate of drug-likeness (QED) is 0.897. The zero-order chi connectivity index (χ0) is 14.5. The highest BCUT2D eigenvalue weighted by Gasteiger charge is 2.06. The summed E-state index contributed by atoms with van der Waals surface area (Å²) in [4.78, 5) is 15.1. The molecule has 0 fully saturated rings. The SMILES string of the molecule is CC(=O)Nc1nc(OCc2ccc(F)cc2)ccc1N. The van der Waals surface area contributed by atoms with Crippen LogP contribution in [0.1, 0.15) is 12.5 Å². The van der Waals surface area contributed by atoms with Crippen molar-refractivity contribution in [2.45, 2.75) is 13.5 Å². The van der Waals surface area contributed by atoms with Gasteiger partial charge in [-0.05, 0) is 23.8 Å². The molecule has 1 aromatic heterocycles. The molecule has 1 aromatic carbocycles. The third kappa shape index (κ3) is 3.68. The third-order valence-corrected chi connectivity index (χ3v) is 2.50. The van der Waals surface area contributed by atoms with E-state index in [9.17, 15) is 9.18 Å². The molecule has 0 saturated carbocycles. The van der Waals surface area contributed by atoms with Crippen molar-refractivity contribution < 1.29 is 13.9 Å². The minimum absolute atomic E-state index is 0.247. The van der Waals surface area contributed by atoms with Crippen LogP contribution in [0.25, 0.3) is 0 Å². The number of nitrogens with zero attached hydrogens (tertiary/aromatic N) is 1. The summed E-state index contributed by atoms with van der Waals surface area (Å²) >= 11 is 0. The predicted octanol–water partition coefficient (Wildman–Crippen LogP) is 2.34. The molecule has 0 bridgehead atoms. The Hall–Kier alpha value is -2.63. The van der Waals surface area contributed by atoms with Crippen LogP contribution in [0.15, 0.2) is 36.4 Å². The number of ether oxygens (including phenoxy) is 1. The van der Waals surface area contributed by atoms with Crippen molar-refractivity contribution in [2.24, 2.45) is 0 Å². The average molecular weight is 275 g/mol. The van der Waals surface area contributed by atoms with Crippen LogP contribution in [-0.2, 0) is 11.4 Å². The van der Waals surface area contributed by atoms with E-state index in [4.69, 9.17) is 10.5 Å². The van der Waals surface area contributed by atoms with Crippen LogP contribution in [0.5, 0.6) is 5.88 Å². The fraction of sp³-hybridized carbons (Fsp3) is 0.143. The highest BCUT2D eigenvalue weighted by molar-refractivity contribution is 5.90. The zero-order valence-electron chi connectivity index (χ0n) is 10.9. The first-order valence-electron chi connectivity index (χ1n) is 5.96. The molecule has 104 valence electrons. The summed E-state index contributed by atoms with van der Waals surface area (Å²) in [5, 5.41) is 2.51. The lowest BCUT2D eigenvalue weighted by molar-refractivity contribution is -0.114. The van der Waals surface area contributed by atoms with Crippen molar-refractivity contribution in [3.8, 4) is 5.88 Å². The minimum Gasteiger partial charge on any atom is -0.473 e. The number of carbonyl (C=O) groups is 1. The maximum atomic E-state index is 12.8. The van der Waals surface area contributed by atoms with Gasteiger partial charge in [-0.15, -0.1) is 0 Å². The second kappa shape index (κ2) is 6.01.